The fourth-order valence-electron chi connectivity index (χ4n) is 3.89. The van der Waals surface area contributed by atoms with Crippen LogP contribution in [0.3, 0.4) is 0 Å². The average molecular weight is 511 g/mol. The SMILES string of the molecule is C[C@H](c1ccc(Cl)cc1C(F)(F)F)N(N)c1cc(C2=CCN(C(=O)OC(C)(C)C)CC2)ccc1N. The summed E-state index contributed by atoms with van der Waals surface area (Å²) in [6.45, 7) is 7.87. The molecule has 0 unspecified atom stereocenters. The van der Waals surface area contributed by atoms with E-state index in [1.165, 1.54) is 17.1 Å². The molecular weight excluding hydrogens is 481 g/mol. The summed E-state index contributed by atoms with van der Waals surface area (Å²) in [7, 11) is 0. The van der Waals surface area contributed by atoms with Crippen molar-refractivity contribution in [2.45, 2.75) is 51.9 Å². The van der Waals surface area contributed by atoms with Crippen LogP contribution in [0.4, 0.5) is 29.3 Å². The molecule has 1 atom stereocenters. The number of ether oxygens (including phenoxy) is 1. The number of amides is 1. The van der Waals surface area contributed by atoms with Crippen molar-refractivity contribution in [2.24, 2.45) is 5.84 Å². The fraction of sp³-hybridized carbons (Fsp3) is 0.400. The van der Waals surface area contributed by atoms with E-state index in [9.17, 15) is 18.0 Å². The van der Waals surface area contributed by atoms with E-state index in [0.717, 1.165) is 17.2 Å². The zero-order chi connectivity index (χ0) is 26.1. The van der Waals surface area contributed by atoms with E-state index < -0.39 is 23.4 Å². The highest BCUT2D eigenvalue weighted by Crippen LogP contribution is 2.39. The van der Waals surface area contributed by atoms with Crippen LogP contribution in [0.2, 0.25) is 5.02 Å². The molecule has 2 aromatic rings. The summed E-state index contributed by atoms with van der Waals surface area (Å²) in [5, 5.41) is 1.22. The van der Waals surface area contributed by atoms with Gasteiger partial charge in [0.15, 0.2) is 0 Å². The van der Waals surface area contributed by atoms with Crippen molar-refractivity contribution < 1.29 is 22.7 Å². The third-order valence-electron chi connectivity index (χ3n) is 5.73. The Bertz CT molecular complexity index is 1130. The van der Waals surface area contributed by atoms with E-state index in [1.807, 2.05) is 32.9 Å². The molecule has 1 aliphatic heterocycles. The largest absolute Gasteiger partial charge is 0.444 e. The molecule has 4 N–H and O–H groups in total. The molecule has 0 saturated carbocycles. The molecule has 1 heterocycles. The molecule has 0 aliphatic carbocycles. The quantitative estimate of drug-likeness (QED) is 0.282. The van der Waals surface area contributed by atoms with Gasteiger partial charge in [0, 0.05) is 18.1 Å². The summed E-state index contributed by atoms with van der Waals surface area (Å²) in [6, 6.07) is 8.03. The highest BCUT2D eigenvalue weighted by molar-refractivity contribution is 6.30. The molecule has 190 valence electrons. The summed E-state index contributed by atoms with van der Waals surface area (Å²) >= 11 is 5.81. The third-order valence-corrected chi connectivity index (χ3v) is 5.96. The van der Waals surface area contributed by atoms with Crippen LogP contribution >= 0.6 is 11.6 Å². The first-order chi connectivity index (χ1) is 16.2. The molecule has 0 radical (unpaired) electrons. The number of hydrazine groups is 1. The number of hydrogen-bond donors (Lipinski definition) is 2. The number of rotatable bonds is 4. The zero-order valence-electron chi connectivity index (χ0n) is 20.1. The van der Waals surface area contributed by atoms with Crippen molar-refractivity contribution in [3.63, 3.8) is 0 Å². The van der Waals surface area contributed by atoms with Crippen molar-refractivity contribution in [3.05, 3.63) is 64.2 Å². The van der Waals surface area contributed by atoms with E-state index in [-0.39, 0.29) is 16.7 Å². The Balaban J connectivity index is 1.85. The predicted molar refractivity (Wildman–Crippen MR) is 133 cm³/mol. The molecule has 2 aromatic carbocycles. The third kappa shape index (κ3) is 6.41. The zero-order valence-corrected chi connectivity index (χ0v) is 20.9. The Morgan fingerprint density at radius 1 is 1.17 bits per heavy atom. The van der Waals surface area contributed by atoms with Crippen LogP contribution in [0.25, 0.3) is 5.57 Å². The van der Waals surface area contributed by atoms with Crippen LogP contribution in [0.15, 0.2) is 42.5 Å². The monoisotopic (exact) mass is 510 g/mol. The van der Waals surface area contributed by atoms with Crippen molar-refractivity contribution >= 4 is 34.6 Å². The van der Waals surface area contributed by atoms with Gasteiger partial charge in [0.25, 0.3) is 0 Å². The average Bonchev–Trinajstić information content (AvgIpc) is 2.77. The number of hydrogen-bond acceptors (Lipinski definition) is 5. The van der Waals surface area contributed by atoms with Gasteiger partial charge in [0.1, 0.15) is 5.60 Å². The lowest BCUT2D eigenvalue weighted by Gasteiger charge is -2.31. The summed E-state index contributed by atoms with van der Waals surface area (Å²) < 4.78 is 46.3. The van der Waals surface area contributed by atoms with Crippen molar-refractivity contribution in [3.8, 4) is 0 Å². The second kappa shape index (κ2) is 9.99. The lowest BCUT2D eigenvalue weighted by molar-refractivity contribution is -0.138. The van der Waals surface area contributed by atoms with Gasteiger partial charge >= 0.3 is 12.3 Å². The maximum absolute atomic E-state index is 13.6. The molecule has 10 heteroatoms. The Morgan fingerprint density at radius 2 is 1.86 bits per heavy atom. The van der Waals surface area contributed by atoms with Crippen LogP contribution in [0, 0.1) is 0 Å². The predicted octanol–water partition coefficient (Wildman–Crippen LogP) is 6.41. The van der Waals surface area contributed by atoms with E-state index in [0.29, 0.717) is 30.9 Å². The number of nitrogen functional groups attached to an aromatic ring is 1. The maximum atomic E-state index is 13.6. The highest BCUT2D eigenvalue weighted by atomic mass is 35.5. The first-order valence-electron chi connectivity index (χ1n) is 11.1. The lowest BCUT2D eigenvalue weighted by Crippen LogP contribution is -2.39. The molecule has 0 fully saturated rings. The number of carbonyl (C=O) groups is 1. The smallest absolute Gasteiger partial charge is 0.416 e. The van der Waals surface area contributed by atoms with Gasteiger partial charge in [-0.15, -0.1) is 0 Å². The first kappa shape index (κ1) is 26.7. The van der Waals surface area contributed by atoms with Crippen molar-refractivity contribution in [1.29, 1.82) is 0 Å². The minimum absolute atomic E-state index is 0.0111. The van der Waals surface area contributed by atoms with Crippen molar-refractivity contribution in [2.75, 3.05) is 23.8 Å². The number of nitrogens with zero attached hydrogens (tertiary/aromatic N) is 2. The molecule has 0 bridgehead atoms. The van der Waals surface area contributed by atoms with Crippen LogP contribution in [0.1, 0.15) is 56.8 Å². The van der Waals surface area contributed by atoms with Crippen molar-refractivity contribution in [1.82, 2.24) is 4.90 Å². The Labute approximate surface area is 208 Å². The number of alkyl halides is 3. The van der Waals surface area contributed by atoms with Gasteiger partial charge in [-0.3, -0.25) is 0 Å². The Hall–Kier alpha value is -2.91. The minimum Gasteiger partial charge on any atom is -0.444 e. The highest BCUT2D eigenvalue weighted by Gasteiger charge is 2.36. The van der Waals surface area contributed by atoms with Gasteiger partial charge in [-0.25, -0.2) is 10.6 Å². The number of nitrogens with two attached hydrogens (primary N) is 2. The summed E-state index contributed by atoms with van der Waals surface area (Å²) in [5.74, 6) is 6.30. The number of halogens is 4. The van der Waals surface area contributed by atoms with Gasteiger partial charge in [0.05, 0.1) is 23.0 Å². The van der Waals surface area contributed by atoms with E-state index in [2.05, 4.69) is 0 Å². The van der Waals surface area contributed by atoms with Crippen LogP contribution in [-0.4, -0.2) is 29.7 Å². The topological polar surface area (TPSA) is 84.8 Å². The standard InChI is InChI=1S/C25H30ClF3N4O2/c1-15(19-7-6-18(26)14-20(19)25(27,28)29)33(31)22-13-17(5-8-21(22)30)16-9-11-32(12-10-16)23(34)35-24(2,3)4/h5-9,13-15H,10-12,30-31H2,1-4H3/t15-/m1/s1. The molecule has 1 amide bonds. The lowest BCUT2D eigenvalue weighted by atomic mass is 9.97. The molecular formula is C25H30ClF3N4O2. The van der Waals surface area contributed by atoms with Gasteiger partial charge in [0.2, 0.25) is 0 Å². The minimum atomic E-state index is -4.59. The number of anilines is 2. The molecule has 35 heavy (non-hydrogen) atoms. The van der Waals surface area contributed by atoms with E-state index >= 15 is 0 Å². The molecule has 6 nitrogen and oxygen atoms in total. The Morgan fingerprint density at radius 3 is 2.43 bits per heavy atom. The van der Waals surface area contributed by atoms with E-state index in [1.54, 1.807) is 24.0 Å². The van der Waals surface area contributed by atoms with E-state index in [4.69, 9.17) is 27.9 Å². The number of carbonyl (C=O) groups excluding carboxylic acids is 1. The van der Waals surface area contributed by atoms with Crippen LogP contribution in [0.5, 0.6) is 0 Å². The van der Waals surface area contributed by atoms with Crippen LogP contribution < -0.4 is 16.6 Å². The van der Waals surface area contributed by atoms with Gasteiger partial charge < -0.3 is 20.4 Å². The first-order valence-corrected chi connectivity index (χ1v) is 11.5. The molecule has 0 saturated heterocycles. The molecule has 0 aromatic heterocycles. The van der Waals surface area contributed by atoms with Gasteiger partial charge in [-0.2, -0.15) is 13.2 Å². The van der Waals surface area contributed by atoms with Gasteiger partial charge in [-0.05, 0) is 75.1 Å². The summed E-state index contributed by atoms with van der Waals surface area (Å²) in [6.07, 6.45) is -2.46. The molecule has 1 aliphatic rings. The Kier molecular flexibility index (Phi) is 7.62. The normalized spacial score (nSPS) is 15.5. The molecule has 0 spiro atoms. The second-order valence-corrected chi connectivity index (χ2v) is 9.93. The van der Waals surface area contributed by atoms with Crippen LogP contribution in [-0.2, 0) is 10.9 Å². The van der Waals surface area contributed by atoms with Gasteiger partial charge in [-0.1, -0.05) is 29.8 Å². The fourth-order valence-corrected chi connectivity index (χ4v) is 4.06. The summed E-state index contributed by atoms with van der Waals surface area (Å²) in [5.41, 5.74) is 7.24. The number of benzene rings is 2. The second-order valence-electron chi connectivity index (χ2n) is 9.49. The maximum Gasteiger partial charge on any atom is 0.416 e. The molecule has 3 rings (SSSR count). The summed E-state index contributed by atoms with van der Waals surface area (Å²) in [4.78, 5) is 13.9.